The van der Waals surface area contributed by atoms with E-state index in [-0.39, 0.29) is 17.4 Å². The fourth-order valence-electron chi connectivity index (χ4n) is 3.79. The number of carbonyl (C=O) groups excluding carboxylic acids is 2. The van der Waals surface area contributed by atoms with Crippen molar-refractivity contribution >= 4 is 34.4 Å². The number of nitrogens with zero attached hydrogens (tertiary/aromatic N) is 1. The number of nitrogens with one attached hydrogen (secondary N) is 2. The van der Waals surface area contributed by atoms with Gasteiger partial charge in [-0.15, -0.1) is 0 Å². The zero-order chi connectivity index (χ0) is 24.2. The van der Waals surface area contributed by atoms with Crippen LogP contribution in [0.15, 0.2) is 41.2 Å². The van der Waals surface area contributed by atoms with Gasteiger partial charge >= 0.3 is 5.97 Å². The summed E-state index contributed by atoms with van der Waals surface area (Å²) >= 11 is 5.88. The third kappa shape index (κ3) is 5.44. The van der Waals surface area contributed by atoms with Gasteiger partial charge in [-0.1, -0.05) is 23.7 Å². The van der Waals surface area contributed by atoms with Crippen LogP contribution in [0.2, 0.25) is 5.02 Å². The summed E-state index contributed by atoms with van der Waals surface area (Å²) in [6.07, 6.45) is 0. The Bertz CT molecular complexity index is 1290. The van der Waals surface area contributed by atoms with Crippen molar-refractivity contribution in [3.63, 3.8) is 0 Å². The molecule has 0 aliphatic carbocycles. The van der Waals surface area contributed by atoms with Crippen LogP contribution in [0, 0.1) is 5.82 Å². The first-order chi connectivity index (χ1) is 16.3. The number of pyridine rings is 1. The molecular formula is C24H23ClFN3O5. The Balaban J connectivity index is 1.70. The van der Waals surface area contributed by atoms with E-state index >= 15 is 0 Å². The van der Waals surface area contributed by atoms with Crippen molar-refractivity contribution in [1.82, 2.24) is 15.2 Å². The lowest BCUT2D eigenvalue weighted by molar-refractivity contribution is -0.132. The zero-order valence-corrected chi connectivity index (χ0v) is 19.2. The number of ether oxygens (including phenoxy) is 2. The molecule has 2 heterocycles. The minimum Gasteiger partial charge on any atom is -0.409 e. The SMILES string of the molecule is CC(=O)Oc1[nH]c2c(F)cc(CN3CCOCC3)cc2c(=O)c1C(=O)NCc1ccc(Cl)cc1. The number of halogens is 2. The van der Waals surface area contributed by atoms with Crippen molar-refractivity contribution in [2.75, 3.05) is 26.3 Å². The number of hydrogen-bond acceptors (Lipinski definition) is 6. The molecule has 178 valence electrons. The number of rotatable bonds is 6. The first kappa shape index (κ1) is 23.9. The molecule has 34 heavy (non-hydrogen) atoms. The van der Waals surface area contributed by atoms with Crippen LogP contribution in [0.4, 0.5) is 4.39 Å². The average molecular weight is 488 g/mol. The summed E-state index contributed by atoms with van der Waals surface area (Å²) in [4.78, 5) is 42.6. The molecule has 8 nitrogen and oxygen atoms in total. The number of benzene rings is 2. The van der Waals surface area contributed by atoms with Gasteiger partial charge in [-0.2, -0.15) is 0 Å². The minimum atomic E-state index is -0.758. The Morgan fingerprint density at radius 3 is 2.56 bits per heavy atom. The van der Waals surface area contributed by atoms with Gasteiger partial charge in [0.1, 0.15) is 11.4 Å². The maximum Gasteiger partial charge on any atom is 0.309 e. The molecule has 10 heteroatoms. The fourth-order valence-corrected chi connectivity index (χ4v) is 3.92. The van der Waals surface area contributed by atoms with Crippen LogP contribution in [0.1, 0.15) is 28.4 Å². The monoisotopic (exact) mass is 487 g/mol. The maximum absolute atomic E-state index is 15.0. The number of amides is 1. The van der Waals surface area contributed by atoms with Crippen molar-refractivity contribution < 1.29 is 23.5 Å². The number of hydrogen-bond donors (Lipinski definition) is 2. The van der Waals surface area contributed by atoms with Crippen molar-refractivity contribution in [3.8, 4) is 5.88 Å². The minimum absolute atomic E-state index is 0.00388. The maximum atomic E-state index is 15.0. The summed E-state index contributed by atoms with van der Waals surface area (Å²) in [5.41, 5.74) is 0.0650. The van der Waals surface area contributed by atoms with Crippen LogP contribution in [0.3, 0.4) is 0 Å². The van der Waals surface area contributed by atoms with E-state index < -0.39 is 34.6 Å². The summed E-state index contributed by atoms with van der Waals surface area (Å²) in [7, 11) is 0. The van der Waals surface area contributed by atoms with Crippen molar-refractivity contribution in [2.45, 2.75) is 20.0 Å². The van der Waals surface area contributed by atoms with Crippen LogP contribution in [0.5, 0.6) is 5.88 Å². The first-order valence-corrected chi connectivity index (χ1v) is 11.1. The molecule has 0 radical (unpaired) electrons. The molecule has 0 atom stereocenters. The zero-order valence-electron chi connectivity index (χ0n) is 18.5. The van der Waals surface area contributed by atoms with Gasteiger partial charge in [0.15, 0.2) is 0 Å². The molecule has 1 fully saturated rings. The number of carbonyl (C=O) groups is 2. The Hall–Kier alpha value is -3.27. The quantitative estimate of drug-likeness (QED) is 0.518. The highest BCUT2D eigenvalue weighted by atomic mass is 35.5. The van der Waals surface area contributed by atoms with E-state index in [9.17, 15) is 18.8 Å². The molecule has 0 spiro atoms. The molecule has 1 saturated heterocycles. The number of esters is 1. The van der Waals surface area contributed by atoms with Crippen molar-refractivity contribution in [3.05, 3.63) is 74.2 Å². The second-order valence-electron chi connectivity index (χ2n) is 7.95. The average Bonchev–Trinajstić information content (AvgIpc) is 2.80. The highest BCUT2D eigenvalue weighted by Gasteiger charge is 2.24. The molecule has 0 saturated carbocycles. The van der Waals surface area contributed by atoms with Crippen LogP contribution < -0.4 is 15.5 Å². The van der Waals surface area contributed by atoms with Gasteiger partial charge in [-0.25, -0.2) is 4.39 Å². The van der Waals surface area contributed by atoms with Gasteiger partial charge in [-0.05, 0) is 35.4 Å². The molecule has 0 bridgehead atoms. The summed E-state index contributed by atoms with van der Waals surface area (Å²) in [6.45, 7) is 4.22. The molecule has 3 aromatic rings. The van der Waals surface area contributed by atoms with Crippen molar-refractivity contribution in [2.24, 2.45) is 0 Å². The molecular weight excluding hydrogens is 465 g/mol. The third-order valence-electron chi connectivity index (χ3n) is 5.44. The van der Waals surface area contributed by atoms with Crippen LogP contribution in [-0.4, -0.2) is 48.1 Å². The molecule has 1 aliphatic heterocycles. The molecule has 0 unspecified atom stereocenters. The second kappa shape index (κ2) is 10.3. The lowest BCUT2D eigenvalue weighted by Crippen LogP contribution is -2.35. The van der Waals surface area contributed by atoms with E-state index in [1.165, 1.54) is 6.07 Å². The number of H-pyrrole nitrogens is 1. The Morgan fingerprint density at radius 1 is 1.18 bits per heavy atom. The van der Waals surface area contributed by atoms with Gasteiger partial charge in [0.2, 0.25) is 11.3 Å². The molecule has 2 aromatic carbocycles. The van der Waals surface area contributed by atoms with E-state index in [0.29, 0.717) is 43.4 Å². The van der Waals surface area contributed by atoms with Crippen LogP contribution in [0.25, 0.3) is 10.9 Å². The lowest BCUT2D eigenvalue weighted by Gasteiger charge is -2.26. The summed E-state index contributed by atoms with van der Waals surface area (Å²) in [5.74, 6) is -2.60. The number of aromatic amines is 1. The first-order valence-electron chi connectivity index (χ1n) is 10.7. The predicted octanol–water partition coefficient (Wildman–Crippen LogP) is 3.01. The normalized spacial score (nSPS) is 14.2. The Morgan fingerprint density at radius 2 is 1.88 bits per heavy atom. The topological polar surface area (TPSA) is 101 Å². The molecule has 4 rings (SSSR count). The van der Waals surface area contributed by atoms with Gasteiger partial charge in [0.05, 0.1) is 18.7 Å². The lowest BCUT2D eigenvalue weighted by atomic mass is 10.1. The second-order valence-corrected chi connectivity index (χ2v) is 8.39. The van der Waals surface area contributed by atoms with Crippen LogP contribution >= 0.6 is 11.6 Å². The predicted molar refractivity (Wildman–Crippen MR) is 125 cm³/mol. The largest absolute Gasteiger partial charge is 0.409 e. The van der Waals surface area contributed by atoms with E-state index in [2.05, 4.69) is 15.2 Å². The van der Waals surface area contributed by atoms with E-state index in [1.54, 1.807) is 30.3 Å². The Labute approximate surface area is 199 Å². The summed E-state index contributed by atoms with van der Waals surface area (Å²) in [5, 5.41) is 3.18. The standard InChI is InChI=1S/C24H23ClFN3O5/c1-14(30)34-24-20(23(32)27-12-15-2-4-17(25)5-3-15)22(31)18-10-16(11-19(26)21(18)28-24)13-29-6-8-33-9-7-29/h2-5,10-11H,6-9,12-13H2,1H3,(H,27,32)(H,28,31). The van der Waals surface area contributed by atoms with E-state index in [0.717, 1.165) is 12.5 Å². The number of fused-ring (bicyclic) bond motifs is 1. The molecule has 2 N–H and O–H groups in total. The van der Waals surface area contributed by atoms with Crippen molar-refractivity contribution in [1.29, 1.82) is 0 Å². The van der Waals surface area contributed by atoms with E-state index in [1.807, 2.05) is 0 Å². The van der Waals surface area contributed by atoms with E-state index in [4.69, 9.17) is 21.1 Å². The van der Waals surface area contributed by atoms with Crippen LogP contribution in [-0.2, 0) is 22.6 Å². The number of aromatic nitrogens is 1. The smallest absolute Gasteiger partial charge is 0.309 e. The Kier molecular flexibility index (Phi) is 7.26. The summed E-state index contributed by atoms with van der Waals surface area (Å²) in [6, 6.07) is 9.69. The summed E-state index contributed by atoms with van der Waals surface area (Å²) < 4.78 is 25.4. The molecule has 1 amide bonds. The molecule has 1 aliphatic rings. The fraction of sp³-hybridized carbons (Fsp3) is 0.292. The third-order valence-corrected chi connectivity index (χ3v) is 5.69. The highest BCUT2D eigenvalue weighted by molar-refractivity contribution is 6.30. The van der Waals surface area contributed by atoms with Gasteiger partial charge < -0.3 is 19.8 Å². The number of morpholine rings is 1. The van der Waals surface area contributed by atoms with Gasteiger partial charge in [0, 0.05) is 43.5 Å². The highest BCUT2D eigenvalue weighted by Crippen LogP contribution is 2.23. The van der Waals surface area contributed by atoms with Gasteiger partial charge in [-0.3, -0.25) is 19.3 Å². The molecule has 1 aromatic heterocycles. The van der Waals surface area contributed by atoms with Gasteiger partial charge in [0.25, 0.3) is 5.91 Å².